The lowest BCUT2D eigenvalue weighted by Gasteiger charge is -2.22. The number of ether oxygens (including phenoxy) is 1. The van der Waals surface area contributed by atoms with Gasteiger partial charge in [0.2, 0.25) is 0 Å². The first-order valence-corrected chi connectivity index (χ1v) is 10.0. The van der Waals surface area contributed by atoms with Crippen molar-refractivity contribution in [3.8, 4) is 5.75 Å². The lowest BCUT2D eigenvalue weighted by Crippen LogP contribution is -2.23. The van der Waals surface area contributed by atoms with Crippen LogP contribution in [0.25, 0.3) is 10.9 Å². The van der Waals surface area contributed by atoms with Crippen molar-refractivity contribution in [2.75, 3.05) is 30.4 Å². The van der Waals surface area contributed by atoms with Crippen LogP contribution in [-0.4, -0.2) is 25.2 Å². The third kappa shape index (κ3) is 4.14. The third-order valence-corrected chi connectivity index (χ3v) is 5.45. The average molecular weight is 377 g/mol. The molecule has 2 aromatic carbocycles. The summed E-state index contributed by atoms with van der Waals surface area (Å²) < 4.78 is 5.28. The van der Waals surface area contributed by atoms with Gasteiger partial charge in [0.25, 0.3) is 5.56 Å². The highest BCUT2D eigenvalue weighted by molar-refractivity contribution is 5.80. The number of pyridine rings is 1. The Bertz CT molecular complexity index is 987. The number of nitrogens with one attached hydrogen (secondary N) is 2. The summed E-state index contributed by atoms with van der Waals surface area (Å²) >= 11 is 0. The molecule has 28 heavy (non-hydrogen) atoms. The minimum absolute atomic E-state index is 0.0636. The molecular weight excluding hydrogens is 350 g/mol. The minimum atomic E-state index is -0.0636. The summed E-state index contributed by atoms with van der Waals surface area (Å²) in [7, 11) is 1.64. The number of benzene rings is 2. The van der Waals surface area contributed by atoms with Crippen LogP contribution >= 0.6 is 0 Å². The number of hydrogen-bond acceptors (Lipinski definition) is 4. The van der Waals surface area contributed by atoms with Crippen LogP contribution in [0.4, 0.5) is 11.4 Å². The van der Waals surface area contributed by atoms with Crippen LogP contribution in [0.2, 0.25) is 0 Å². The SMILES string of the molecule is COc1ccc2[nH]c(=O)c(CNc3ccc(N4CCCCCC4)cc3)cc2c1. The van der Waals surface area contributed by atoms with E-state index in [-0.39, 0.29) is 5.56 Å². The zero-order valence-electron chi connectivity index (χ0n) is 16.3. The summed E-state index contributed by atoms with van der Waals surface area (Å²) in [6.07, 6.45) is 5.22. The Kier molecular flexibility index (Phi) is 5.51. The van der Waals surface area contributed by atoms with Gasteiger partial charge < -0.3 is 19.9 Å². The Morgan fingerprint density at radius 3 is 2.46 bits per heavy atom. The number of aromatic nitrogens is 1. The predicted molar refractivity (Wildman–Crippen MR) is 116 cm³/mol. The van der Waals surface area contributed by atoms with Crippen LogP contribution in [0.5, 0.6) is 5.75 Å². The molecule has 2 N–H and O–H groups in total. The van der Waals surface area contributed by atoms with Gasteiger partial charge in [-0.05, 0) is 61.4 Å². The van der Waals surface area contributed by atoms with Gasteiger partial charge >= 0.3 is 0 Å². The van der Waals surface area contributed by atoms with Gasteiger partial charge in [-0.2, -0.15) is 0 Å². The molecule has 0 aliphatic carbocycles. The molecule has 1 aliphatic heterocycles. The van der Waals surface area contributed by atoms with Crippen molar-refractivity contribution in [1.29, 1.82) is 0 Å². The summed E-state index contributed by atoms with van der Waals surface area (Å²) in [5.74, 6) is 0.780. The van der Waals surface area contributed by atoms with E-state index in [1.165, 1.54) is 31.4 Å². The molecule has 5 nitrogen and oxygen atoms in total. The zero-order valence-corrected chi connectivity index (χ0v) is 16.3. The maximum atomic E-state index is 12.4. The molecule has 0 saturated carbocycles. The third-order valence-electron chi connectivity index (χ3n) is 5.45. The molecule has 0 amide bonds. The molecule has 1 fully saturated rings. The predicted octanol–water partition coefficient (Wildman–Crippen LogP) is 4.53. The second-order valence-electron chi connectivity index (χ2n) is 7.38. The Labute approximate surface area is 165 Å². The normalized spacial score (nSPS) is 14.7. The van der Waals surface area contributed by atoms with Crippen molar-refractivity contribution in [2.45, 2.75) is 32.2 Å². The van der Waals surface area contributed by atoms with Crippen LogP contribution in [0.15, 0.2) is 53.3 Å². The topological polar surface area (TPSA) is 57.4 Å². The van der Waals surface area contributed by atoms with E-state index < -0.39 is 0 Å². The van der Waals surface area contributed by atoms with E-state index in [2.05, 4.69) is 39.5 Å². The van der Waals surface area contributed by atoms with Crippen molar-refractivity contribution in [3.63, 3.8) is 0 Å². The first-order valence-electron chi connectivity index (χ1n) is 10.0. The second kappa shape index (κ2) is 8.38. The van der Waals surface area contributed by atoms with Gasteiger partial charge in [0, 0.05) is 47.5 Å². The molecule has 4 rings (SSSR count). The van der Waals surface area contributed by atoms with Gasteiger partial charge in [-0.1, -0.05) is 12.8 Å². The van der Waals surface area contributed by atoms with E-state index in [9.17, 15) is 4.79 Å². The summed E-state index contributed by atoms with van der Waals surface area (Å²) in [4.78, 5) is 17.8. The van der Waals surface area contributed by atoms with Crippen LogP contribution in [0.1, 0.15) is 31.2 Å². The molecule has 3 aromatic rings. The highest BCUT2D eigenvalue weighted by Gasteiger charge is 2.10. The quantitative estimate of drug-likeness (QED) is 0.686. The van der Waals surface area contributed by atoms with Crippen molar-refractivity contribution < 1.29 is 4.74 Å². The number of nitrogens with zero attached hydrogens (tertiary/aromatic N) is 1. The molecule has 1 aromatic heterocycles. The van der Waals surface area contributed by atoms with Crippen molar-refractivity contribution in [1.82, 2.24) is 4.98 Å². The van der Waals surface area contributed by atoms with Gasteiger partial charge in [0.15, 0.2) is 0 Å². The van der Waals surface area contributed by atoms with Gasteiger partial charge in [-0.25, -0.2) is 0 Å². The lowest BCUT2D eigenvalue weighted by atomic mass is 10.1. The number of methoxy groups -OCH3 is 1. The van der Waals surface area contributed by atoms with E-state index in [4.69, 9.17) is 4.74 Å². The molecule has 2 heterocycles. The van der Waals surface area contributed by atoms with E-state index in [1.54, 1.807) is 7.11 Å². The monoisotopic (exact) mass is 377 g/mol. The van der Waals surface area contributed by atoms with Gasteiger partial charge in [-0.3, -0.25) is 4.79 Å². The zero-order chi connectivity index (χ0) is 19.3. The van der Waals surface area contributed by atoms with Crippen LogP contribution < -0.4 is 20.5 Å². The number of hydrogen-bond donors (Lipinski definition) is 2. The van der Waals surface area contributed by atoms with Crippen molar-refractivity contribution in [2.24, 2.45) is 0 Å². The number of H-pyrrole nitrogens is 1. The number of anilines is 2. The average Bonchev–Trinajstić information content (AvgIpc) is 3.02. The lowest BCUT2D eigenvalue weighted by molar-refractivity contribution is 0.415. The van der Waals surface area contributed by atoms with Crippen molar-refractivity contribution in [3.05, 3.63) is 64.4 Å². The number of fused-ring (bicyclic) bond motifs is 1. The van der Waals surface area contributed by atoms with Crippen LogP contribution in [0.3, 0.4) is 0 Å². The van der Waals surface area contributed by atoms with E-state index >= 15 is 0 Å². The van der Waals surface area contributed by atoms with Gasteiger partial charge in [-0.15, -0.1) is 0 Å². The summed E-state index contributed by atoms with van der Waals surface area (Å²) in [5, 5.41) is 4.33. The number of rotatable bonds is 5. The second-order valence-corrected chi connectivity index (χ2v) is 7.38. The molecule has 0 atom stereocenters. The van der Waals surface area contributed by atoms with Crippen LogP contribution in [-0.2, 0) is 6.54 Å². The first-order chi connectivity index (χ1) is 13.7. The summed E-state index contributed by atoms with van der Waals surface area (Å²) in [5.41, 5.74) is 3.76. The number of aromatic amines is 1. The molecule has 0 spiro atoms. The standard InChI is InChI=1S/C23H27N3O2/c1-28-21-10-11-22-17(15-21)14-18(23(27)25-22)16-24-19-6-8-20(9-7-19)26-12-4-2-3-5-13-26/h6-11,14-15,24H,2-5,12-13,16H2,1H3,(H,25,27). The van der Waals surface area contributed by atoms with Gasteiger partial charge in [0.05, 0.1) is 7.11 Å². The molecule has 5 heteroatoms. The highest BCUT2D eigenvalue weighted by atomic mass is 16.5. The maximum absolute atomic E-state index is 12.4. The maximum Gasteiger partial charge on any atom is 0.253 e. The molecule has 1 saturated heterocycles. The van der Waals surface area contributed by atoms with E-state index in [1.807, 2.05) is 24.3 Å². The van der Waals surface area contributed by atoms with E-state index in [0.29, 0.717) is 12.1 Å². The highest BCUT2D eigenvalue weighted by Crippen LogP contribution is 2.22. The molecule has 0 bridgehead atoms. The van der Waals surface area contributed by atoms with E-state index in [0.717, 1.165) is 35.4 Å². The summed E-state index contributed by atoms with van der Waals surface area (Å²) in [6, 6.07) is 16.1. The Morgan fingerprint density at radius 1 is 1.00 bits per heavy atom. The van der Waals surface area contributed by atoms with Crippen LogP contribution in [0, 0.1) is 0 Å². The fraction of sp³-hybridized carbons (Fsp3) is 0.348. The Morgan fingerprint density at radius 2 is 1.75 bits per heavy atom. The fourth-order valence-corrected chi connectivity index (χ4v) is 3.80. The molecular formula is C23H27N3O2. The molecule has 0 unspecified atom stereocenters. The smallest absolute Gasteiger partial charge is 0.253 e. The first kappa shape index (κ1) is 18.4. The fourth-order valence-electron chi connectivity index (χ4n) is 3.80. The molecule has 146 valence electrons. The summed E-state index contributed by atoms with van der Waals surface area (Å²) in [6.45, 7) is 2.76. The molecule has 1 aliphatic rings. The largest absolute Gasteiger partial charge is 0.497 e. The van der Waals surface area contributed by atoms with Gasteiger partial charge in [0.1, 0.15) is 5.75 Å². The Balaban J connectivity index is 1.46. The minimum Gasteiger partial charge on any atom is -0.497 e. The Hall–Kier alpha value is -2.95. The van der Waals surface area contributed by atoms with Crippen molar-refractivity contribution >= 4 is 22.3 Å². The molecule has 0 radical (unpaired) electrons.